The van der Waals surface area contributed by atoms with Gasteiger partial charge < -0.3 is 0 Å². The SMILES string of the molecule is CCc1nn(C)c(CC(NN)c2ccc(Br)c(F)c2)c1Br. The van der Waals surface area contributed by atoms with E-state index in [0.717, 1.165) is 27.8 Å². The lowest BCUT2D eigenvalue weighted by molar-refractivity contribution is 0.523. The highest BCUT2D eigenvalue weighted by molar-refractivity contribution is 9.10. The molecule has 0 fully saturated rings. The number of hydrogen-bond acceptors (Lipinski definition) is 3. The third-order valence-electron chi connectivity index (χ3n) is 3.45. The summed E-state index contributed by atoms with van der Waals surface area (Å²) >= 11 is 6.74. The Hall–Kier alpha value is -0.760. The van der Waals surface area contributed by atoms with E-state index in [1.807, 2.05) is 17.8 Å². The maximum atomic E-state index is 13.7. The van der Waals surface area contributed by atoms with Crippen LogP contribution in [0.2, 0.25) is 0 Å². The molecule has 1 heterocycles. The zero-order valence-corrected chi connectivity index (χ0v) is 15.0. The Morgan fingerprint density at radius 3 is 2.67 bits per heavy atom. The van der Waals surface area contributed by atoms with Gasteiger partial charge in [-0.15, -0.1) is 0 Å². The molecule has 2 rings (SSSR count). The van der Waals surface area contributed by atoms with Gasteiger partial charge in [-0.05, 0) is 56.0 Å². The lowest BCUT2D eigenvalue weighted by Gasteiger charge is -2.17. The maximum Gasteiger partial charge on any atom is 0.137 e. The average molecular weight is 420 g/mol. The van der Waals surface area contributed by atoms with Crippen LogP contribution in [0.1, 0.15) is 29.9 Å². The number of hydrazine groups is 1. The number of hydrogen-bond donors (Lipinski definition) is 2. The van der Waals surface area contributed by atoms with Gasteiger partial charge in [0.05, 0.1) is 26.4 Å². The summed E-state index contributed by atoms with van der Waals surface area (Å²) in [6.07, 6.45) is 1.46. The van der Waals surface area contributed by atoms with E-state index >= 15 is 0 Å². The molecule has 1 aromatic carbocycles. The van der Waals surface area contributed by atoms with E-state index in [0.29, 0.717) is 10.9 Å². The van der Waals surface area contributed by atoms with E-state index in [-0.39, 0.29) is 11.9 Å². The Labute approximate surface area is 140 Å². The smallest absolute Gasteiger partial charge is 0.137 e. The van der Waals surface area contributed by atoms with Crippen molar-refractivity contribution in [2.75, 3.05) is 0 Å². The summed E-state index contributed by atoms with van der Waals surface area (Å²) in [7, 11) is 1.90. The van der Waals surface area contributed by atoms with E-state index in [2.05, 4.69) is 49.3 Å². The van der Waals surface area contributed by atoms with Gasteiger partial charge in [0.2, 0.25) is 0 Å². The van der Waals surface area contributed by atoms with E-state index in [1.165, 1.54) is 6.07 Å². The number of aromatic nitrogens is 2. The fourth-order valence-corrected chi connectivity index (χ4v) is 3.26. The molecule has 0 amide bonds. The fourth-order valence-electron chi connectivity index (χ4n) is 2.24. The molecule has 0 aliphatic heterocycles. The molecule has 1 unspecified atom stereocenters. The van der Waals surface area contributed by atoms with E-state index in [1.54, 1.807) is 6.07 Å². The third kappa shape index (κ3) is 3.53. The molecule has 4 nitrogen and oxygen atoms in total. The van der Waals surface area contributed by atoms with Gasteiger partial charge >= 0.3 is 0 Å². The predicted octanol–water partition coefficient (Wildman–Crippen LogP) is 3.39. The van der Waals surface area contributed by atoms with Gasteiger partial charge in [-0.1, -0.05) is 13.0 Å². The molecule has 21 heavy (non-hydrogen) atoms. The van der Waals surface area contributed by atoms with Crippen LogP contribution in [0, 0.1) is 5.82 Å². The maximum absolute atomic E-state index is 13.7. The van der Waals surface area contributed by atoms with Crippen LogP contribution in [0.4, 0.5) is 4.39 Å². The summed E-state index contributed by atoms with van der Waals surface area (Å²) in [5.41, 5.74) is 5.58. The van der Waals surface area contributed by atoms with Crippen LogP contribution in [0.3, 0.4) is 0 Å². The first-order valence-corrected chi connectivity index (χ1v) is 8.17. The Morgan fingerprint density at radius 2 is 2.14 bits per heavy atom. The van der Waals surface area contributed by atoms with Gasteiger partial charge in [-0.25, -0.2) is 4.39 Å². The van der Waals surface area contributed by atoms with E-state index in [9.17, 15) is 4.39 Å². The third-order valence-corrected chi connectivity index (χ3v) is 5.01. The van der Waals surface area contributed by atoms with Crippen molar-refractivity contribution in [2.45, 2.75) is 25.8 Å². The van der Waals surface area contributed by atoms with Crippen LogP contribution >= 0.6 is 31.9 Å². The molecule has 1 aromatic heterocycles. The molecular weight excluding hydrogens is 403 g/mol. The number of nitrogens with two attached hydrogens (primary N) is 1. The second kappa shape index (κ2) is 7.00. The average Bonchev–Trinajstić information content (AvgIpc) is 2.74. The summed E-state index contributed by atoms with van der Waals surface area (Å²) in [4.78, 5) is 0. The van der Waals surface area contributed by atoms with Crippen LogP contribution in [0.5, 0.6) is 0 Å². The minimum atomic E-state index is -0.300. The van der Waals surface area contributed by atoms with Crippen molar-refractivity contribution in [3.05, 3.63) is 49.9 Å². The Balaban J connectivity index is 2.31. The van der Waals surface area contributed by atoms with Crippen LogP contribution in [0.15, 0.2) is 27.1 Å². The largest absolute Gasteiger partial charge is 0.271 e. The Bertz CT molecular complexity index is 642. The minimum Gasteiger partial charge on any atom is -0.271 e. The topological polar surface area (TPSA) is 55.9 Å². The van der Waals surface area contributed by atoms with Crippen molar-refractivity contribution in [2.24, 2.45) is 12.9 Å². The van der Waals surface area contributed by atoms with E-state index < -0.39 is 0 Å². The molecule has 114 valence electrons. The van der Waals surface area contributed by atoms with Crippen LogP contribution in [0.25, 0.3) is 0 Å². The molecule has 0 aliphatic carbocycles. The number of nitrogens with zero attached hydrogens (tertiary/aromatic N) is 2. The summed E-state index contributed by atoms with van der Waals surface area (Å²) in [5.74, 6) is 5.35. The van der Waals surface area contributed by atoms with Crippen molar-refractivity contribution >= 4 is 31.9 Å². The first-order chi connectivity index (χ1) is 9.97. The highest BCUT2D eigenvalue weighted by Crippen LogP contribution is 2.28. The summed E-state index contributed by atoms with van der Waals surface area (Å²) < 4.78 is 17.0. The zero-order valence-electron chi connectivity index (χ0n) is 11.8. The monoisotopic (exact) mass is 418 g/mol. The van der Waals surface area contributed by atoms with Gasteiger partial charge in [0.1, 0.15) is 5.82 Å². The molecule has 3 N–H and O–H groups in total. The molecule has 0 bridgehead atoms. The normalized spacial score (nSPS) is 12.7. The number of halogens is 3. The predicted molar refractivity (Wildman–Crippen MR) is 88.2 cm³/mol. The highest BCUT2D eigenvalue weighted by atomic mass is 79.9. The van der Waals surface area contributed by atoms with Gasteiger partial charge in [0, 0.05) is 13.5 Å². The number of aryl methyl sites for hydroxylation is 2. The Morgan fingerprint density at radius 1 is 1.43 bits per heavy atom. The minimum absolute atomic E-state index is 0.191. The number of nitrogens with one attached hydrogen (secondary N) is 1. The standard InChI is InChI=1S/C14H17Br2FN4/c1-3-11-14(16)13(21(2)20-11)7-12(19-18)8-4-5-9(15)10(17)6-8/h4-6,12,19H,3,7,18H2,1-2H3. The summed E-state index contributed by atoms with van der Waals surface area (Å²) in [5, 5.41) is 4.46. The molecular formula is C14H17Br2FN4. The Kier molecular flexibility index (Phi) is 5.54. The van der Waals surface area contributed by atoms with Crippen LogP contribution < -0.4 is 11.3 Å². The van der Waals surface area contributed by atoms with Crippen molar-refractivity contribution < 1.29 is 4.39 Å². The van der Waals surface area contributed by atoms with Crippen molar-refractivity contribution in [1.82, 2.24) is 15.2 Å². The zero-order chi connectivity index (χ0) is 15.6. The van der Waals surface area contributed by atoms with Crippen molar-refractivity contribution in [1.29, 1.82) is 0 Å². The van der Waals surface area contributed by atoms with Crippen LogP contribution in [-0.4, -0.2) is 9.78 Å². The second-order valence-corrected chi connectivity index (χ2v) is 6.43. The molecule has 7 heteroatoms. The summed E-state index contributed by atoms with van der Waals surface area (Å²) in [6.45, 7) is 2.06. The van der Waals surface area contributed by atoms with Gasteiger partial charge in [0.25, 0.3) is 0 Å². The second-order valence-electron chi connectivity index (χ2n) is 4.78. The van der Waals surface area contributed by atoms with Gasteiger partial charge in [-0.2, -0.15) is 5.10 Å². The number of rotatable bonds is 5. The highest BCUT2D eigenvalue weighted by Gasteiger charge is 2.19. The first kappa shape index (κ1) is 16.6. The first-order valence-electron chi connectivity index (χ1n) is 6.59. The molecule has 0 radical (unpaired) electrons. The number of benzene rings is 1. The van der Waals surface area contributed by atoms with E-state index in [4.69, 9.17) is 5.84 Å². The summed E-state index contributed by atoms with van der Waals surface area (Å²) in [6, 6.07) is 4.83. The molecule has 1 atom stereocenters. The molecule has 0 aliphatic rings. The quantitative estimate of drug-likeness (QED) is 0.576. The van der Waals surface area contributed by atoms with Gasteiger partial charge in [0.15, 0.2) is 0 Å². The molecule has 0 saturated heterocycles. The molecule has 0 saturated carbocycles. The lowest BCUT2D eigenvalue weighted by atomic mass is 10.0. The molecule has 0 spiro atoms. The van der Waals surface area contributed by atoms with Crippen molar-refractivity contribution in [3.63, 3.8) is 0 Å². The lowest BCUT2D eigenvalue weighted by Crippen LogP contribution is -2.30. The van der Waals surface area contributed by atoms with Crippen molar-refractivity contribution in [3.8, 4) is 0 Å². The van der Waals surface area contributed by atoms with Crippen LogP contribution in [-0.2, 0) is 19.9 Å². The fraction of sp³-hybridized carbons (Fsp3) is 0.357. The van der Waals surface area contributed by atoms with Gasteiger partial charge in [-0.3, -0.25) is 16.0 Å². The molecule has 2 aromatic rings.